The molecular formula is C9H17I. The van der Waals surface area contributed by atoms with E-state index in [2.05, 4.69) is 36.4 Å². The third kappa shape index (κ3) is 2.40. The average molecular weight is 252 g/mol. The van der Waals surface area contributed by atoms with Crippen LogP contribution in [0.3, 0.4) is 0 Å². The fraction of sp³-hybridized carbons (Fsp3) is 1.00. The highest BCUT2D eigenvalue weighted by atomic mass is 127. The predicted octanol–water partition coefficient (Wildman–Crippen LogP) is 3.64. The third-order valence-electron chi connectivity index (χ3n) is 2.64. The Bertz CT molecular complexity index is 90.9. The molecule has 0 heterocycles. The SMILES string of the molecule is CC(C)[C@H]1CC[C@@H](I)CC1. The van der Waals surface area contributed by atoms with Gasteiger partial charge in [0.05, 0.1) is 0 Å². The first kappa shape index (κ1) is 8.82. The Kier molecular flexibility index (Phi) is 3.47. The molecule has 0 amide bonds. The van der Waals surface area contributed by atoms with E-state index in [-0.39, 0.29) is 0 Å². The zero-order valence-electron chi connectivity index (χ0n) is 6.94. The van der Waals surface area contributed by atoms with E-state index in [1.54, 1.807) is 0 Å². The topological polar surface area (TPSA) is 0 Å². The van der Waals surface area contributed by atoms with Gasteiger partial charge in [-0.15, -0.1) is 0 Å². The lowest BCUT2D eigenvalue weighted by molar-refractivity contribution is 0.287. The zero-order valence-corrected chi connectivity index (χ0v) is 9.10. The van der Waals surface area contributed by atoms with Crippen molar-refractivity contribution in [2.75, 3.05) is 0 Å². The quantitative estimate of drug-likeness (QED) is 0.493. The predicted molar refractivity (Wildman–Crippen MR) is 54.6 cm³/mol. The van der Waals surface area contributed by atoms with Gasteiger partial charge in [0.2, 0.25) is 0 Å². The van der Waals surface area contributed by atoms with Gasteiger partial charge < -0.3 is 0 Å². The van der Waals surface area contributed by atoms with Gasteiger partial charge in [-0.05, 0) is 37.5 Å². The van der Waals surface area contributed by atoms with E-state index in [1.807, 2.05) is 0 Å². The summed E-state index contributed by atoms with van der Waals surface area (Å²) in [4.78, 5) is 0. The van der Waals surface area contributed by atoms with Crippen LogP contribution in [0.5, 0.6) is 0 Å². The number of halogens is 1. The molecule has 0 spiro atoms. The summed E-state index contributed by atoms with van der Waals surface area (Å²) in [7, 11) is 0. The van der Waals surface area contributed by atoms with Crippen molar-refractivity contribution in [1.82, 2.24) is 0 Å². The van der Waals surface area contributed by atoms with Gasteiger partial charge in [0.15, 0.2) is 0 Å². The number of rotatable bonds is 1. The molecule has 0 N–H and O–H groups in total. The van der Waals surface area contributed by atoms with Gasteiger partial charge in [0, 0.05) is 3.92 Å². The number of alkyl halides is 1. The molecule has 0 atom stereocenters. The van der Waals surface area contributed by atoms with Crippen LogP contribution in [0.2, 0.25) is 0 Å². The summed E-state index contributed by atoms with van der Waals surface area (Å²) in [5.41, 5.74) is 0. The molecule has 60 valence electrons. The molecule has 0 aliphatic heterocycles. The van der Waals surface area contributed by atoms with Crippen LogP contribution in [0.1, 0.15) is 39.5 Å². The summed E-state index contributed by atoms with van der Waals surface area (Å²) in [6.45, 7) is 4.72. The molecular weight excluding hydrogens is 235 g/mol. The highest BCUT2D eigenvalue weighted by molar-refractivity contribution is 14.1. The van der Waals surface area contributed by atoms with Crippen molar-refractivity contribution in [3.05, 3.63) is 0 Å². The van der Waals surface area contributed by atoms with Crippen LogP contribution in [-0.4, -0.2) is 3.92 Å². The first-order chi connectivity index (χ1) is 4.70. The van der Waals surface area contributed by atoms with Gasteiger partial charge in [-0.25, -0.2) is 0 Å². The third-order valence-corrected chi connectivity index (χ3v) is 3.89. The summed E-state index contributed by atoms with van der Waals surface area (Å²) >= 11 is 2.59. The molecule has 0 nitrogen and oxygen atoms in total. The van der Waals surface area contributed by atoms with Gasteiger partial charge >= 0.3 is 0 Å². The fourth-order valence-electron chi connectivity index (χ4n) is 1.75. The van der Waals surface area contributed by atoms with E-state index in [1.165, 1.54) is 25.7 Å². The van der Waals surface area contributed by atoms with Crippen molar-refractivity contribution in [3.8, 4) is 0 Å². The molecule has 0 saturated heterocycles. The van der Waals surface area contributed by atoms with E-state index < -0.39 is 0 Å². The Morgan fingerprint density at radius 1 is 1.10 bits per heavy atom. The van der Waals surface area contributed by atoms with Crippen LogP contribution >= 0.6 is 22.6 Å². The lowest BCUT2D eigenvalue weighted by atomic mass is 9.82. The molecule has 1 fully saturated rings. The Morgan fingerprint density at radius 2 is 1.60 bits per heavy atom. The normalized spacial score (nSPS) is 34.8. The molecule has 0 radical (unpaired) electrons. The minimum absolute atomic E-state index is 0.920. The van der Waals surface area contributed by atoms with Crippen LogP contribution in [-0.2, 0) is 0 Å². The standard InChI is InChI=1S/C9H17I/c1-7(2)8-3-5-9(10)6-4-8/h7-9H,3-6H2,1-2H3/t8-,9+. The lowest BCUT2D eigenvalue weighted by Crippen LogP contribution is -2.17. The molecule has 1 aliphatic carbocycles. The maximum Gasteiger partial charge on any atom is 0.0110 e. The second kappa shape index (κ2) is 3.93. The zero-order chi connectivity index (χ0) is 7.56. The van der Waals surface area contributed by atoms with E-state index in [9.17, 15) is 0 Å². The van der Waals surface area contributed by atoms with Gasteiger partial charge in [-0.1, -0.05) is 36.4 Å². The molecule has 10 heavy (non-hydrogen) atoms. The van der Waals surface area contributed by atoms with E-state index in [4.69, 9.17) is 0 Å². The molecule has 1 saturated carbocycles. The highest BCUT2D eigenvalue weighted by Crippen LogP contribution is 2.32. The minimum Gasteiger partial charge on any atom is -0.0826 e. The van der Waals surface area contributed by atoms with Gasteiger partial charge in [-0.3, -0.25) is 0 Å². The molecule has 0 aromatic heterocycles. The molecule has 0 bridgehead atoms. The average Bonchev–Trinajstić information content (AvgIpc) is 1.88. The molecule has 0 unspecified atom stereocenters. The maximum absolute atomic E-state index is 2.59. The fourth-order valence-corrected chi connectivity index (χ4v) is 2.46. The van der Waals surface area contributed by atoms with E-state index >= 15 is 0 Å². The summed E-state index contributed by atoms with van der Waals surface area (Å²) in [5, 5.41) is 0. The van der Waals surface area contributed by atoms with Crippen molar-refractivity contribution in [1.29, 1.82) is 0 Å². The van der Waals surface area contributed by atoms with Crippen LogP contribution < -0.4 is 0 Å². The monoisotopic (exact) mass is 252 g/mol. The Hall–Kier alpha value is 0.730. The molecule has 1 aliphatic rings. The summed E-state index contributed by atoms with van der Waals surface area (Å²) in [5.74, 6) is 1.95. The first-order valence-electron chi connectivity index (χ1n) is 4.34. The minimum atomic E-state index is 0.920. The van der Waals surface area contributed by atoms with Gasteiger partial charge in [0.25, 0.3) is 0 Å². The molecule has 0 aromatic rings. The largest absolute Gasteiger partial charge is 0.0826 e. The van der Waals surface area contributed by atoms with Crippen molar-refractivity contribution in [2.45, 2.75) is 43.5 Å². The second-order valence-corrected chi connectivity index (χ2v) is 5.52. The Labute approximate surface area is 77.9 Å². The van der Waals surface area contributed by atoms with Gasteiger partial charge in [-0.2, -0.15) is 0 Å². The Morgan fingerprint density at radius 3 is 2.00 bits per heavy atom. The second-order valence-electron chi connectivity index (χ2n) is 3.76. The van der Waals surface area contributed by atoms with Crippen LogP contribution in [0.15, 0.2) is 0 Å². The molecule has 1 rings (SSSR count). The van der Waals surface area contributed by atoms with Gasteiger partial charge in [0.1, 0.15) is 0 Å². The number of hydrogen-bond donors (Lipinski definition) is 0. The molecule has 0 aromatic carbocycles. The van der Waals surface area contributed by atoms with Crippen molar-refractivity contribution in [3.63, 3.8) is 0 Å². The molecule has 1 heteroatoms. The van der Waals surface area contributed by atoms with Crippen LogP contribution in [0.4, 0.5) is 0 Å². The summed E-state index contributed by atoms with van der Waals surface area (Å²) < 4.78 is 0.979. The maximum atomic E-state index is 2.59. The Balaban J connectivity index is 2.26. The van der Waals surface area contributed by atoms with E-state index in [0.717, 1.165) is 15.8 Å². The highest BCUT2D eigenvalue weighted by Gasteiger charge is 2.20. The van der Waals surface area contributed by atoms with Crippen LogP contribution in [0.25, 0.3) is 0 Å². The van der Waals surface area contributed by atoms with Crippen LogP contribution in [0, 0.1) is 11.8 Å². The lowest BCUT2D eigenvalue weighted by Gasteiger charge is -2.27. The summed E-state index contributed by atoms with van der Waals surface area (Å²) in [6, 6.07) is 0. The van der Waals surface area contributed by atoms with Crippen molar-refractivity contribution >= 4 is 22.6 Å². The first-order valence-corrected chi connectivity index (χ1v) is 5.58. The van der Waals surface area contributed by atoms with Crippen molar-refractivity contribution < 1.29 is 0 Å². The van der Waals surface area contributed by atoms with Crippen molar-refractivity contribution in [2.24, 2.45) is 11.8 Å². The smallest absolute Gasteiger partial charge is 0.0110 e. The number of hydrogen-bond acceptors (Lipinski definition) is 0. The van der Waals surface area contributed by atoms with E-state index in [0.29, 0.717) is 0 Å². The summed E-state index contributed by atoms with van der Waals surface area (Å²) in [6.07, 6.45) is 5.88.